The van der Waals surface area contributed by atoms with Crippen LogP contribution in [-0.2, 0) is 6.42 Å². The summed E-state index contributed by atoms with van der Waals surface area (Å²) in [7, 11) is 0. The van der Waals surface area contributed by atoms with E-state index in [1.54, 1.807) is 0 Å². The van der Waals surface area contributed by atoms with E-state index in [2.05, 4.69) is 135 Å². The van der Waals surface area contributed by atoms with E-state index in [1.165, 1.54) is 38.6 Å². The van der Waals surface area contributed by atoms with E-state index in [0.29, 0.717) is 0 Å². The molecule has 0 fully saturated rings. The van der Waals surface area contributed by atoms with Crippen LogP contribution >= 0.6 is 0 Å². The molecule has 1 aliphatic carbocycles. The van der Waals surface area contributed by atoms with E-state index in [1.807, 2.05) is 12.1 Å². The number of rotatable bonds is 5. The molecule has 2 nitrogen and oxygen atoms in total. The second-order valence-electron chi connectivity index (χ2n) is 10.9. The molecule has 5 aromatic carbocycles. The Morgan fingerprint density at radius 1 is 0.619 bits per heavy atom. The predicted molar refractivity (Wildman–Crippen MR) is 178 cm³/mol. The number of fused-ring (bicyclic) bond motifs is 3. The lowest BCUT2D eigenvalue weighted by atomic mass is 9.84. The summed E-state index contributed by atoms with van der Waals surface area (Å²) in [6.07, 6.45) is 11.2. The fourth-order valence-corrected chi connectivity index (χ4v) is 6.16. The van der Waals surface area contributed by atoms with Gasteiger partial charge in [-0.05, 0) is 89.0 Å². The lowest BCUT2D eigenvalue weighted by molar-refractivity contribution is 0.974. The van der Waals surface area contributed by atoms with Crippen LogP contribution in [0.2, 0.25) is 0 Å². The minimum absolute atomic E-state index is 0.726. The SMILES string of the molecule is C/C=C\c1c(C)c2c(c3cc(-c4cccc(-c5nc(-c6ccccc6)cc(-c6ccccc6)n5)c4)ccc13)C=CCC2. The largest absolute Gasteiger partial charge is 0.228 e. The molecule has 0 saturated heterocycles. The molecule has 1 heterocycles. The molecular formula is C40H32N2. The number of benzene rings is 5. The summed E-state index contributed by atoms with van der Waals surface area (Å²) >= 11 is 0. The first kappa shape index (κ1) is 25.9. The molecule has 0 bridgehead atoms. The fraction of sp³-hybridized carbons (Fsp3) is 0.100. The quantitative estimate of drug-likeness (QED) is 0.217. The Hall–Kier alpha value is -5.08. The van der Waals surface area contributed by atoms with Crippen LogP contribution in [0, 0.1) is 6.92 Å². The third-order valence-corrected chi connectivity index (χ3v) is 8.28. The molecule has 0 radical (unpaired) electrons. The first-order valence-corrected chi connectivity index (χ1v) is 14.7. The van der Waals surface area contributed by atoms with E-state index in [-0.39, 0.29) is 0 Å². The van der Waals surface area contributed by atoms with Gasteiger partial charge in [-0.15, -0.1) is 0 Å². The molecule has 0 saturated carbocycles. The van der Waals surface area contributed by atoms with E-state index in [4.69, 9.17) is 9.97 Å². The van der Waals surface area contributed by atoms with Gasteiger partial charge in [0.2, 0.25) is 0 Å². The molecule has 7 rings (SSSR count). The average molecular weight is 541 g/mol. The normalized spacial score (nSPS) is 12.6. The van der Waals surface area contributed by atoms with Crippen LogP contribution in [0.4, 0.5) is 0 Å². The molecular weight excluding hydrogens is 508 g/mol. The summed E-state index contributed by atoms with van der Waals surface area (Å²) in [4.78, 5) is 10.1. The van der Waals surface area contributed by atoms with E-state index in [0.717, 1.165) is 52.3 Å². The van der Waals surface area contributed by atoms with Crippen LogP contribution in [0.5, 0.6) is 0 Å². The van der Waals surface area contributed by atoms with E-state index < -0.39 is 0 Å². The highest BCUT2D eigenvalue weighted by molar-refractivity contribution is 6.01. The van der Waals surface area contributed by atoms with Crippen molar-refractivity contribution in [2.45, 2.75) is 26.7 Å². The van der Waals surface area contributed by atoms with Gasteiger partial charge < -0.3 is 0 Å². The Labute approximate surface area is 247 Å². The lowest BCUT2D eigenvalue weighted by Crippen LogP contribution is -2.02. The summed E-state index contributed by atoms with van der Waals surface area (Å²) in [5, 5.41) is 2.62. The third kappa shape index (κ3) is 4.76. The molecule has 0 unspecified atom stereocenters. The second-order valence-corrected chi connectivity index (χ2v) is 10.9. The van der Waals surface area contributed by atoms with E-state index in [9.17, 15) is 0 Å². The van der Waals surface area contributed by atoms with Gasteiger partial charge in [0.05, 0.1) is 11.4 Å². The fourth-order valence-electron chi connectivity index (χ4n) is 6.16. The zero-order valence-corrected chi connectivity index (χ0v) is 24.0. The Bertz CT molecular complexity index is 1930. The van der Waals surface area contributed by atoms with Gasteiger partial charge in [0.1, 0.15) is 0 Å². The first-order chi connectivity index (χ1) is 20.7. The van der Waals surface area contributed by atoms with Crippen molar-refractivity contribution in [3.05, 3.63) is 144 Å². The van der Waals surface area contributed by atoms with Crippen molar-refractivity contribution in [2.75, 3.05) is 0 Å². The minimum Gasteiger partial charge on any atom is -0.228 e. The maximum absolute atomic E-state index is 5.06. The number of hydrogen-bond donors (Lipinski definition) is 0. The molecule has 0 aliphatic heterocycles. The van der Waals surface area contributed by atoms with Gasteiger partial charge in [0.15, 0.2) is 5.82 Å². The zero-order valence-electron chi connectivity index (χ0n) is 24.0. The molecule has 6 aromatic rings. The smallest absolute Gasteiger partial charge is 0.160 e. The number of nitrogens with zero attached hydrogens (tertiary/aromatic N) is 2. The van der Waals surface area contributed by atoms with Gasteiger partial charge >= 0.3 is 0 Å². The minimum atomic E-state index is 0.726. The van der Waals surface area contributed by atoms with Gasteiger partial charge in [0, 0.05) is 16.7 Å². The van der Waals surface area contributed by atoms with Gasteiger partial charge in [-0.2, -0.15) is 0 Å². The van der Waals surface area contributed by atoms with Crippen molar-refractivity contribution in [3.63, 3.8) is 0 Å². The third-order valence-electron chi connectivity index (χ3n) is 8.28. The monoisotopic (exact) mass is 540 g/mol. The summed E-state index contributed by atoms with van der Waals surface area (Å²) in [5.41, 5.74) is 12.9. The standard InChI is InChI=1S/C40H32N2/c1-3-13-33-27(2)34-20-10-11-21-35(34)37-25-31(22-23-36(33)37)30-18-12-19-32(24-30)40-41-38(28-14-6-4-7-15-28)26-39(42-40)29-16-8-5-9-17-29/h3-9,11-19,21-26H,10,20H2,1-2H3/b13-3-. The molecule has 2 heteroatoms. The zero-order chi connectivity index (χ0) is 28.5. The Morgan fingerprint density at radius 2 is 1.26 bits per heavy atom. The molecule has 202 valence electrons. The predicted octanol–water partition coefficient (Wildman–Crippen LogP) is 10.6. The van der Waals surface area contributed by atoms with Crippen molar-refractivity contribution in [3.8, 4) is 45.0 Å². The molecule has 1 aliphatic rings. The van der Waals surface area contributed by atoms with Gasteiger partial charge in [-0.3, -0.25) is 0 Å². The number of allylic oxidation sites excluding steroid dienone is 2. The van der Waals surface area contributed by atoms with Crippen molar-refractivity contribution in [1.29, 1.82) is 0 Å². The lowest BCUT2D eigenvalue weighted by Gasteiger charge is -2.20. The molecule has 0 N–H and O–H groups in total. The van der Waals surface area contributed by atoms with Crippen molar-refractivity contribution >= 4 is 22.9 Å². The van der Waals surface area contributed by atoms with Crippen molar-refractivity contribution in [1.82, 2.24) is 9.97 Å². The van der Waals surface area contributed by atoms with Gasteiger partial charge in [-0.25, -0.2) is 9.97 Å². The number of hydrogen-bond acceptors (Lipinski definition) is 2. The second kappa shape index (κ2) is 11.1. The van der Waals surface area contributed by atoms with E-state index >= 15 is 0 Å². The van der Waals surface area contributed by atoms with Crippen molar-refractivity contribution in [2.24, 2.45) is 0 Å². The molecule has 0 spiro atoms. The summed E-state index contributed by atoms with van der Waals surface area (Å²) in [6, 6.07) is 38.3. The maximum Gasteiger partial charge on any atom is 0.160 e. The Kier molecular flexibility index (Phi) is 6.81. The Balaban J connectivity index is 1.37. The highest BCUT2D eigenvalue weighted by Gasteiger charge is 2.17. The van der Waals surface area contributed by atoms with Crippen LogP contribution in [0.15, 0.2) is 121 Å². The summed E-state index contributed by atoms with van der Waals surface area (Å²) < 4.78 is 0. The molecule has 0 atom stereocenters. The Morgan fingerprint density at radius 3 is 1.95 bits per heavy atom. The molecule has 0 amide bonds. The van der Waals surface area contributed by atoms with Crippen LogP contribution in [0.3, 0.4) is 0 Å². The molecule has 1 aromatic heterocycles. The number of aromatic nitrogens is 2. The molecule has 42 heavy (non-hydrogen) atoms. The van der Waals surface area contributed by atoms with Crippen molar-refractivity contribution < 1.29 is 0 Å². The van der Waals surface area contributed by atoms with Crippen LogP contribution in [0.1, 0.15) is 35.6 Å². The summed E-state index contributed by atoms with van der Waals surface area (Å²) in [6.45, 7) is 4.37. The highest BCUT2D eigenvalue weighted by atomic mass is 14.9. The topological polar surface area (TPSA) is 25.8 Å². The average Bonchev–Trinajstić information content (AvgIpc) is 3.07. The first-order valence-electron chi connectivity index (χ1n) is 14.7. The summed E-state index contributed by atoms with van der Waals surface area (Å²) in [5.74, 6) is 0.726. The maximum atomic E-state index is 5.06. The van der Waals surface area contributed by atoms with Crippen LogP contribution < -0.4 is 0 Å². The highest BCUT2D eigenvalue weighted by Crippen LogP contribution is 2.38. The van der Waals surface area contributed by atoms with Crippen LogP contribution in [0.25, 0.3) is 68.0 Å². The van der Waals surface area contributed by atoms with Gasteiger partial charge in [-0.1, -0.05) is 115 Å². The van der Waals surface area contributed by atoms with Gasteiger partial charge in [0.25, 0.3) is 0 Å². The van der Waals surface area contributed by atoms with Crippen LogP contribution in [-0.4, -0.2) is 9.97 Å².